The van der Waals surface area contributed by atoms with Gasteiger partial charge in [0.2, 0.25) is 11.8 Å². The van der Waals surface area contributed by atoms with Crippen LogP contribution in [0.5, 0.6) is 5.88 Å². The molecule has 2 amide bonds. The van der Waals surface area contributed by atoms with Crippen molar-refractivity contribution in [3.05, 3.63) is 53.5 Å². The normalized spacial score (nSPS) is 18.3. The van der Waals surface area contributed by atoms with Gasteiger partial charge in [0.1, 0.15) is 11.7 Å². The van der Waals surface area contributed by atoms with E-state index in [9.17, 15) is 14.7 Å². The Morgan fingerprint density at radius 1 is 1.33 bits per heavy atom. The Bertz CT molecular complexity index is 1110. The van der Waals surface area contributed by atoms with Gasteiger partial charge in [-0.3, -0.25) is 14.6 Å². The van der Waals surface area contributed by atoms with Gasteiger partial charge in [-0.2, -0.15) is 0 Å². The SMILES string of the molecule is CC(C)CC#Cc1cnc2c(c1)C(=O)N([C@@H](C)CO)C[C@@H](C)[C@@H](CN(C)C(=O)Cc1cccnc1)O2. The molecule has 0 aromatic carbocycles. The van der Waals surface area contributed by atoms with Crippen molar-refractivity contribution in [3.63, 3.8) is 0 Å². The minimum atomic E-state index is -0.404. The summed E-state index contributed by atoms with van der Waals surface area (Å²) >= 11 is 0. The van der Waals surface area contributed by atoms with Crippen LogP contribution >= 0.6 is 0 Å². The Hall–Kier alpha value is -3.44. The highest BCUT2D eigenvalue weighted by atomic mass is 16.5. The van der Waals surface area contributed by atoms with Crippen molar-refractivity contribution in [1.82, 2.24) is 19.8 Å². The van der Waals surface area contributed by atoms with Crippen LogP contribution in [0.1, 0.15) is 55.6 Å². The molecule has 0 fully saturated rings. The zero-order valence-corrected chi connectivity index (χ0v) is 21.8. The monoisotopic (exact) mass is 492 g/mol. The average molecular weight is 493 g/mol. The number of rotatable bonds is 7. The first-order valence-electron chi connectivity index (χ1n) is 12.4. The molecule has 1 aliphatic heterocycles. The molecule has 0 unspecified atom stereocenters. The summed E-state index contributed by atoms with van der Waals surface area (Å²) in [5.41, 5.74) is 1.79. The highest BCUT2D eigenvalue weighted by Gasteiger charge is 2.34. The minimum Gasteiger partial charge on any atom is -0.472 e. The first-order valence-corrected chi connectivity index (χ1v) is 12.4. The number of fused-ring (bicyclic) bond motifs is 1. The molecule has 8 nitrogen and oxygen atoms in total. The standard InChI is InChI=1S/C28H36N4O4/c1-19(2)8-6-9-22-12-24-27(30-15-22)36-25(20(3)16-32(28(24)35)21(4)18-33)17-31(5)26(34)13-23-10-7-11-29-14-23/h7,10-12,14-15,19-21,25,33H,8,13,16-18H2,1-5H3/t20-,21+,25-/m1/s1. The van der Waals surface area contributed by atoms with Crippen molar-refractivity contribution in [2.45, 2.75) is 52.7 Å². The van der Waals surface area contributed by atoms with Crippen LogP contribution in [0.2, 0.25) is 0 Å². The number of hydrogen-bond acceptors (Lipinski definition) is 6. The van der Waals surface area contributed by atoms with E-state index in [4.69, 9.17) is 4.74 Å². The van der Waals surface area contributed by atoms with Crippen LogP contribution in [0.15, 0.2) is 36.8 Å². The molecule has 3 heterocycles. The fourth-order valence-electron chi connectivity index (χ4n) is 3.93. The average Bonchev–Trinajstić information content (AvgIpc) is 2.86. The Morgan fingerprint density at radius 2 is 2.11 bits per heavy atom. The summed E-state index contributed by atoms with van der Waals surface area (Å²) in [6.07, 6.45) is 5.55. The van der Waals surface area contributed by atoms with Gasteiger partial charge in [-0.25, -0.2) is 4.98 Å². The maximum absolute atomic E-state index is 13.5. The molecule has 0 saturated carbocycles. The molecule has 3 atom stereocenters. The topological polar surface area (TPSA) is 95.9 Å². The van der Waals surface area contributed by atoms with Crippen molar-refractivity contribution in [1.29, 1.82) is 0 Å². The molecule has 2 aromatic rings. The number of hydrogen-bond donors (Lipinski definition) is 1. The number of amides is 2. The van der Waals surface area contributed by atoms with Gasteiger partial charge in [-0.1, -0.05) is 38.7 Å². The number of ether oxygens (including phenoxy) is 1. The fraction of sp³-hybridized carbons (Fsp3) is 0.500. The zero-order valence-electron chi connectivity index (χ0n) is 21.8. The smallest absolute Gasteiger partial charge is 0.259 e. The van der Waals surface area contributed by atoms with Gasteiger partial charge in [0.05, 0.1) is 25.6 Å². The molecule has 0 saturated heterocycles. The van der Waals surface area contributed by atoms with Gasteiger partial charge in [-0.15, -0.1) is 0 Å². The molecule has 8 heteroatoms. The van der Waals surface area contributed by atoms with E-state index in [2.05, 4.69) is 35.7 Å². The number of nitrogens with zero attached hydrogens (tertiary/aromatic N) is 4. The first kappa shape index (κ1) is 27.2. The van der Waals surface area contributed by atoms with E-state index < -0.39 is 6.10 Å². The van der Waals surface area contributed by atoms with Gasteiger partial charge in [0.25, 0.3) is 5.91 Å². The van der Waals surface area contributed by atoms with Crippen LogP contribution in [0.25, 0.3) is 0 Å². The summed E-state index contributed by atoms with van der Waals surface area (Å²) in [7, 11) is 1.74. The quantitative estimate of drug-likeness (QED) is 0.597. The molecule has 0 aliphatic carbocycles. The van der Waals surface area contributed by atoms with Crippen LogP contribution in [0.3, 0.4) is 0 Å². The van der Waals surface area contributed by atoms with E-state index >= 15 is 0 Å². The lowest BCUT2D eigenvalue weighted by atomic mass is 9.99. The van der Waals surface area contributed by atoms with Crippen molar-refractivity contribution in [3.8, 4) is 17.7 Å². The maximum atomic E-state index is 13.5. The third-order valence-corrected chi connectivity index (χ3v) is 6.22. The number of pyridine rings is 2. The van der Waals surface area contributed by atoms with Gasteiger partial charge in [0.15, 0.2) is 0 Å². The minimum absolute atomic E-state index is 0.0542. The summed E-state index contributed by atoms with van der Waals surface area (Å²) < 4.78 is 6.27. The van der Waals surface area contributed by atoms with Crippen LogP contribution in [-0.2, 0) is 11.2 Å². The second-order valence-corrected chi connectivity index (χ2v) is 9.91. The highest BCUT2D eigenvalue weighted by molar-refractivity contribution is 5.97. The second-order valence-electron chi connectivity index (χ2n) is 9.91. The van der Waals surface area contributed by atoms with Crippen molar-refractivity contribution in [2.24, 2.45) is 11.8 Å². The predicted octanol–water partition coefficient (Wildman–Crippen LogP) is 2.80. The molecule has 0 spiro atoms. The molecule has 0 radical (unpaired) electrons. The lowest BCUT2D eigenvalue weighted by Gasteiger charge is -2.37. The van der Waals surface area contributed by atoms with E-state index in [0.717, 1.165) is 12.0 Å². The second kappa shape index (κ2) is 12.5. The third kappa shape index (κ3) is 7.05. The largest absolute Gasteiger partial charge is 0.472 e. The number of aliphatic hydroxyl groups excluding tert-OH is 1. The molecule has 1 aliphatic rings. The molecule has 3 rings (SSSR count). The molecular weight excluding hydrogens is 456 g/mol. The summed E-state index contributed by atoms with van der Waals surface area (Å²) in [6.45, 7) is 8.52. The summed E-state index contributed by atoms with van der Waals surface area (Å²) in [5, 5.41) is 9.83. The van der Waals surface area contributed by atoms with E-state index in [-0.39, 0.29) is 42.7 Å². The van der Waals surface area contributed by atoms with Gasteiger partial charge >= 0.3 is 0 Å². The summed E-state index contributed by atoms with van der Waals surface area (Å²) in [6, 6.07) is 5.00. The first-order chi connectivity index (χ1) is 17.2. The number of likely N-dealkylation sites (N-methyl/N-ethyl adjacent to an activating group) is 1. The number of aliphatic hydroxyl groups is 1. The summed E-state index contributed by atoms with van der Waals surface area (Å²) in [4.78, 5) is 38.2. The molecule has 2 aromatic heterocycles. The van der Waals surface area contributed by atoms with Crippen LogP contribution in [-0.4, -0.2) is 75.6 Å². The van der Waals surface area contributed by atoms with E-state index in [1.165, 1.54) is 0 Å². The van der Waals surface area contributed by atoms with Crippen molar-refractivity contribution >= 4 is 11.8 Å². The number of aromatic nitrogens is 2. The molecule has 36 heavy (non-hydrogen) atoms. The third-order valence-electron chi connectivity index (χ3n) is 6.22. The fourth-order valence-corrected chi connectivity index (χ4v) is 3.93. The number of carbonyl (C=O) groups excluding carboxylic acids is 2. The Balaban J connectivity index is 1.87. The number of carbonyl (C=O) groups is 2. The molecule has 1 N–H and O–H groups in total. The van der Waals surface area contributed by atoms with Crippen LogP contribution < -0.4 is 4.74 Å². The molecular formula is C28H36N4O4. The van der Waals surface area contributed by atoms with E-state index in [1.807, 2.05) is 19.9 Å². The predicted molar refractivity (Wildman–Crippen MR) is 137 cm³/mol. The lowest BCUT2D eigenvalue weighted by Crippen LogP contribution is -2.50. The van der Waals surface area contributed by atoms with E-state index in [0.29, 0.717) is 30.1 Å². The molecule has 0 bridgehead atoms. The van der Waals surface area contributed by atoms with Crippen LogP contribution in [0, 0.1) is 23.7 Å². The highest BCUT2D eigenvalue weighted by Crippen LogP contribution is 2.27. The maximum Gasteiger partial charge on any atom is 0.259 e. The van der Waals surface area contributed by atoms with Gasteiger partial charge in [-0.05, 0) is 30.5 Å². The summed E-state index contributed by atoms with van der Waals surface area (Å²) in [5.74, 6) is 6.45. The zero-order chi connectivity index (χ0) is 26.2. The van der Waals surface area contributed by atoms with Crippen molar-refractivity contribution < 1.29 is 19.4 Å². The van der Waals surface area contributed by atoms with E-state index in [1.54, 1.807) is 47.6 Å². The Labute approximate surface area is 213 Å². The Morgan fingerprint density at radius 3 is 2.78 bits per heavy atom. The molecule has 192 valence electrons. The van der Waals surface area contributed by atoms with Gasteiger partial charge < -0.3 is 19.6 Å². The van der Waals surface area contributed by atoms with Gasteiger partial charge in [0, 0.05) is 50.1 Å². The Kier molecular flexibility index (Phi) is 9.43. The van der Waals surface area contributed by atoms with Crippen molar-refractivity contribution in [2.75, 3.05) is 26.7 Å². The van der Waals surface area contributed by atoms with Crippen LogP contribution in [0.4, 0.5) is 0 Å². The lowest BCUT2D eigenvalue weighted by molar-refractivity contribution is -0.130.